The van der Waals surface area contributed by atoms with Gasteiger partial charge in [0.25, 0.3) is 0 Å². The van der Waals surface area contributed by atoms with Crippen LogP contribution < -0.4 is 5.32 Å². The van der Waals surface area contributed by atoms with Crippen LogP contribution in [0.25, 0.3) is 0 Å². The maximum Gasteiger partial charge on any atom is 0.226 e. The monoisotopic (exact) mass is 264 g/mol. The molecule has 4 nitrogen and oxygen atoms in total. The number of carbonyl (C=O) groups excluding carboxylic acids is 1. The van der Waals surface area contributed by atoms with Crippen molar-refractivity contribution in [3.05, 3.63) is 0 Å². The average molecular weight is 265 g/mol. The molecule has 0 radical (unpaired) electrons. The van der Waals surface area contributed by atoms with Crippen molar-refractivity contribution in [2.75, 3.05) is 39.9 Å². The van der Waals surface area contributed by atoms with Crippen LogP contribution in [-0.2, 0) is 9.53 Å². The van der Waals surface area contributed by atoms with Crippen molar-refractivity contribution in [2.24, 2.45) is 11.8 Å². The Morgan fingerprint density at radius 3 is 2.88 bits per heavy atom. The van der Waals surface area contributed by atoms with Gasteiger partial charge in [-0.15, -0.1) is 12.4 Å². The van der Waals surface area contributed by atoms with Crippen molar-refractivity contribution >= 4 is 18.3 Å². The smallest absolute Gasteiger partial charge is 0.226 e. The zero-order chi connectivity index (χ0) is 12.0. The van der Waals surface area contributed by atoms with Crippen molar-refractivity contribution in [1.82, 2.24) is 10.2 Å². The molecule has 0 aliphatic carbocycles. The highest BCUT2D eigenvalue weighted by Gasteiger charge is 2.28. The Bertz CT molecular complexity index is 227. The van der Waals surface area contributed by atoms with E-state index in [4.69, 9.17) is 4.74 Å². The van der Waals surface area contributed by atoms with E-state index in [9.17, 15) is 4.79 Å². The Morgan fingerprint density at radius 2 is 2.29 bits per heavy atom. The van der Waals surface area contributed by atoms with Gasteiger partial charge >= 0.3 is 0 Å². The second-order valence-corrected chi connectivity index (χ2v) is 4.56. The summed E-state index contributed by atoms with van der Waals surface area (Å²) in [7, 11) is 1.88. The molecule has 0 spiro atoms. The van der Waals surface area contributed by atoms with Gasteiger partial charge in [-0.05, 0) is 20.4 Å². The lowest BCUT2D eigenvalue weighted by Crippen LogP contribution is -2.37. The van der Waals surface area contributed by atoms with Gasteiger partial charge in [-0.2, -0.15) is 0 Å². The maximum atomic E-state index is 12.0. The van der Waals surface area contributed by atoms with Gasteiger partial charge in [-0.3, -0.25) is 4.79 Å². The van der Waals surface area contributed by atoms with E-state index in [-0.39, 0.29) is 24.2 Å². The number of amides is 1. The van der Waals surface area contributed by atoms with Crippen LogP contribution in [0.4, 0.5) is 0 Å². The zero-order valence-corrected chi connectivity index (χ0v) is 11.9. The molecule has 1 amide bonds. The number of carbonyl (C=O) groups is 1. The number of nitrogens with zero attached hydrogens (tertiary/aromatic N) is 1. The fourth-order valence-electron chi connectivity index (χ4n) is 2.16. The minimum absolute atomic E-state index is 0. The molecule has 1 rings (SSSR count). The molecule has 0 aromatic carbocycles. The van der Waals surface area contributed by atoms with E-state index >= 15 is 0 Å². The standard InChI is InChI=1S/C12H24N2O2.ClH/c1-4-16-9-11-5-6-14(8-11)12(15)10(2)7-13-3;/h10-11,13H,4-9H2,1-3H3;1H. The number of hydrogen-bond donors (Lipinski definition) is 1. The number of rotatable bonds is 6. The van der Waals surface area contributed by atoms with Crippen LogP contribution in [0.2, 0.25) is 0 Å². The van der Waals surface area contributed by atoms with Crippen LogP contribution in [0.15, 0.2) is 0 Å². The van der Waals surface area contributed by atoms with E-state index in [1.165, 1.54) is 0 Å². The summed E-state index contributed by atoms with van der Waals surface area (Å²) in [6.45, 7) is 8.06. The van der Waals surface area contributed by atoms with Gasteiger partial charge in [0.15, 0.2) is 0 Å². The predicted octanol–water partition coefficient (Wildman–Crippen LogP) is 1.15. The van der Waals surface area contributed by atoms with Crippen molar-refractivity contribution in [1.29, 1.82) is 0 Å². The van der Waals surface area contributed by atoms with Gasteiger partial charge in [0.2, 0.25) is 5.91 Å². The van der Waals surface area contributed by atoms with Crippen molar-refractivity contribution in [3.63, 3.8) is 0 Å². The predicted molar refractivity (Wildman–Crippen MR) is 71.5 cm³/mol. The number of likely N-dealkylation sites (tertiary alicyclic amines) is 1. The van der Waals surface area contributed by atoms with E-state index in [0.29, 0.717) is 5.92 Å². The number of nitrogens with one attached hydrogen (secondary N) is 1. The third-order valence-corrected chi connectivity index (χ3v) is 3.09. The first kappa shape index (κ1) is 16.7. The third-order valence-electron chi connectivity index (χ3n) is 3.09. The van der Waals surface area contributed by atoms with Gasteiger partial charge in [-0.25, -0.2) is 0 Å². The van der Waals surface area contributed by atoms with Gasteiger partial charge in [0.05, 0.1) is 6.61 Å². The summed E-state index contributed by atoms with van der Waals surface area (Å²) in [5.41, 5.74) is 0. The number of hydrogen-bond acceptors (Lipinski definition) is 3. The Kier molecular flexibility index (Phi) is 8.56. The molecular weight excluding hydrogens is 240 g/mol. The highest BCUT2D eigenvalue weighted by molar-refractivity contribution is 5.85. The highest BCUT2D eigenvalue weighted by atomic mass is 35.5. The van der Waals surface area contributed by atoms with E-state index in [1.807, 2.05) is 25.8 Å². The molecule has 1 aliphatic rings. The Hall–Kier alpha value is -0.320. The topological polar surface area (TPSA) is 41.6 Å². The molecule has 17 heavy (non-hydrogen) atoms. The van der Waals surface area contributed by atoms with Crippen LogP contribution in [0.1, 0.15) is 20.3 Å². The summed E-state index contributed by atoms with van der Waals surface area (Å²) < 4.78 is 5.40. The van der Waals surface area contributed by atoms with Crippen molar-refractivity contribution < 1.29 is 9.53 Å². The molecule has 0 aromatic heterocycles. The van der Waals surface area contributed by atoms with Crippen LogP contribution in [-0.4, -0.2) is 50.7 Å². The van der Waals surface area contributed by atoms with Gasteiger partial charge in [0.1, 0.15) is 0 Å². The summed E-state index contributed by atoms with van der Waals surface area (Å²) >= 11 is 0. The second kappa shape index (κ2) is 8.72. The lowest BCUT2D eigenvalue weighted by atomic mass is 10.1. The number of ether oxygens (including phenoxy) is 1. The highest BCUT2D eigenvalue weighted by Crippen LogP contribution is 2.18. The van der Waals surface area contributed by atoms with E-state index in [0.717, 1.165) is 39.3 Å². The lowest BCUT2D eigenvalue weighted by molar-refractivity contribution is -0.133. The van der Waals surface area contributed by atoms with Crippen LogP contribution in [0.3, 0.4) is 0 Å². The summed E-state index contributed by atoms with van der Waals surface area (Å²) in [4.78, 5) is 14.0. The maximum absolute atomic E-state index is 12.0. The first-order valence-electron chi connectivity index (χ1n) is 6.20. The molecule has 1 aliphatic heterocycles. The molecular formula is C12H25ClN2O2. The van der Waals surface area contributed by atoms with Crippen molar-refractivity contribution in [2.45, 2.75) is 20.3 Å². The van der Waals surface area contributed by atoms with E-state index < -0.39 is 0 Å². The zero-order valence-electron chi connectivity index (χ0n) is 11.1. The Labute approximate surface area is 110 Å². The molecule has 102 valence electrons. The molecule has 1 heterocycles. The molecule has 5 heteroatoms. The van der Waals surface area contributed by atoms with Gasteiger partial charge < -0.3 is 15.0 Å². The second-order valence-electron chi connectivity index (χ2n) is 4.56. The first-order valence-corrected chi connectivity index (χ1v) is 6.20. The molecule has 1 fully saturated rings. The molecule has 2 atom stereocenters. The molecule has 0 bridgehead atoms. The molecule has 1 saturated heterocycles. The lowest BCUT2D eigenvalue weighted by Gasteiger charge is -2.20. The molecule has 2 unspecified atom stereocenters. The summed E-state index contributed by atoms with van der Waals surface area (Å²) in [5.74, 6) is 0.884. The van der Waals surface area contributed by atoms with Crippen LogP contribution in [0, 0.1) is 11.8 Å². The summed E-state index contributed by atoms with van der Waals surface area (Å²) in [5, 5.41) is 3.05. The van der Waals surface area contributed by atoms with Gasteiger partial charge in [-0.1, -0.05) is 6.92 Å². The quantitative estimate of drug-likeness (QED) is 0.783. The van der Waals surface area contributed by atoms with Crippen LogP contribution >= 0.6 is 12.4 Å². The largest absolute Gasteiger partial charge is 0.381 e. The summed E-state index contributed by atoms with van der Waals surface area (Å²) in [6.07, 6.45) is 1.08. The Balaban J connectivity index is 0.00000256. The van der Waals surface area contributed by atoms with Gasteiger partial charge in [0, 0.05) is 38.1 Å². The fraction of sp³-hybridized carbons (Fsp3) is 0.917. The Morgan fingerprint density at radius 1 is 1.59 bits per heavy atom. The minimum atomic E-state index is 0. The normalized spacial score (nSPS) is 21.1. The average Bonchev–Trinajstić information content (AvgIpc) is 2.74. The molecule has 1 N–H and O–H groups in total. The molecule has 0 saturated carbocycles. The van der Waals surface area contributed by atoms with E-state index in [2.05, 4.69) is 5.32 Å². The van der Waals surface area contributed by atoms with Crippen molar-refractivity contribution in [3.8, 4) is 0 Å². The minimum Gasteiger partial charge on any atom is -0.381 e. The van der Waals surface area contributed by atoms with E-state index in [1.54, 1.807) is 0 Å². The fourth-order valence-corrected chi connectivity index (χ4v) is 2.16. The SMILES string of the molecule is CCOCC1CCN(C(=O)C(C)CNC)C1.Cl. The summed E-state index contributed by atoms with van der Waals surface area (Å²) in [6, 6.07) is 0. The first-order chi connectivity index (χ1) is 7.69. The van der Waals surface area contributed by atoms with Crippen LogP contribution in [0.5, 0.6) is 0 Å². The number of halogens is 1. The molecule has 0 aromatic rings. The third kappa shape index (κ3) is 5.23.